The molecule has 4 aliphatic carbocycles. The Morgan fingerprint density at radius 2 is 1.85 bits per heavy atom. The van der Waals surface area contributed by atoms with Gasteiger partial charge in [0, 0.05) is 16.5 Å². The summed E-state index contributed by atoms with van der Waals surface area (Å²) in [7, 11) is 0. The number of benzene rings is 1. The number of nitrogens with zero attached hydrogens (tertiary/aromatic N) is 2. The Kier molecular flexibility index (Phi) is 4.25. The van der Waals surface area contributed by atoms with Gasteiger partial charge in [-0.3, -0.25) is 0 Å². The number of ether oxygens (including phenoxy) is 1. The lowest BCUT2D eigenvalue weighted by Gasteiger charge is -2.38. The number of hydrogen-bond acceptors (Lipinski definition) is 3. The highest BCUT2D eigenvalue weighted by molar-refractivity contribution is 6.35. The first-order valence-electron chi connectivity index (χ1n) is 9.80. The van der Waals surface area contributed by atoms with Crippen LogP contribution in [0.3, 0.4) is 0 Å². The number of halogens is 2. The van der Waals surface area contributed by atoms with Crippen LogP contribution in [-0.4, -0.2) is 22.4 Å². The zero-order valence-electron chi connectivity index (χ0n) is 15.3. The number of rotatable bonds is 3. The molecule has 2 saturated carbocycles. The minimum absolute atomic E-state index is 0.321. The molecule has 0 radical (unpaired) electrons. The average Bonchev–Trinajstić information content (AvgIpc) is 2.93. The van der Waals surface area contributed by atoms with Crippen LogP contribution in [0.1, 0.15) is 72.6 Å². The summed E-state index contributed by atoms with van der Waals surface area (Å²) in [5.41, 5.74) is 3.57. The maximum absolute atomic E-state index is 12.7. The van der Waals surface area contributed by atoms with E-state index in [0.717, 1.165) is 35.9 Å². The molecule has 6 heteroatoms. The third-order valence-corrected chi connectivity index (χ3v) is 7.04. The molecule has 1 aromatic heterocycles. The lowest BCUT2D eigenvalue weighted by Crippen LogP contribution is -2.27. The first-order chi connectivity index (χ1) is 13.0. The van der Waals surface area contributed by atoms with E-state index in [1.54, 1.807) is 6.07 Å². The number of carbonyl (C=O) groups is 1. The van der Waals surface area contributed by atoms with E-state index < -0.39 is 0 Å². The Morgan fingerprint density at radius 1 is 1.15 bits per heavy atom. The van der Waals surface area contributed by atoms with Gasteiger partial charge in [0.15, 0.2) is 5.69 Å². The van der Waals surface area contributed by atoms with Gasteiger partial charge < -0.3 is 4.74 Å². The van der Waals surface area contributed by atoms with Gasteiger partial charge in [-0.05, 0) is 75.0 Å². The molecule has 2 unspecified atom stereocenters. The summed E-state index contributed by atoms with van der Waals surface area (Å²) >= 11 is 12.6. The van der Waals surface area contributed by atoms with Crippen LogP contribution in [0, 0.1) is 11.8 Å². The van der Waals surface area contributed by atoms with E-state index in [9.17, 15) is 4.79 Å². The van der Waals surface area contributed by atoms with E-state index in [1.807, 2.05) is 23.7 Å². The molecule has 0 aliphatic heterocycles. The third kappa shape index (κ3) is 2.80. The minimum Gasteiger partial charge on any atom is -0.461 e. The molecule has 1 heterocycles. The monoisotopic (exact) mass is 404 g/mol. The topological polar surface area (TPSA) is 44.1 Å². The molecule has 142 valence electrons. The van der Waals surface area contributed by atoms with Gasteiger partial charge in [0.2, 0.25) is 0 Å². The van der Waals surface area contributed by atoms with Crippen LogP contribution in [0.2, 0.25) is 10.0 Å². The van der Waals surface area contributed by atoms with Crippen LogP contribution in [0.5, 0.6) is 0 Å². The van der Waals surface area contributed by atoms with Crippen LogP contribution in [0.4, 0.5) is 0 Å². The molecule has 27 heavy (non-hydrogen) atoms. The van der Waals surface area contributed by atoms with Crippen LogP contribution in [0.25, 0.3) is 5.69 Å². The standard InChI is InChI=1S/C21H22Cl2N2O2/c1-2-27-21(26)19-18-13-6-11-5-12(7-13)9-14(8-11)20(18)25(24-19)17-4-3-15(22)10-16(17)23/h3-4,10-14H,2,5-9H2,1H3. The average molecular weight is 405 g/mol. The highest BCUT2D eigenvalue weighted by atomic mass is 35.5. The number of hydrogen-bond donors (Lipinski definition) is 0. The maximum atomic E-state index is 12.7. The first-order valence-corrected chi connectivity index (χ1v) is 10.6. The molecular formula is C21H22Cl2N2O2. The van der Waals surface area contributed by atoms with Crippen molar-refractivity contribution in [3.8, 4) is 5.69 Å². The molecule has 4 nitrogen and oxygen atoms in total. The van der Waals surface area contributed by atoms with Crippen LogP contribution >= 0.6 is 23.2 Å². The second-order valence-electron chi connectivity index (χ2n) is 8.18. The summed E-state index contributed by atoms with van der Waals surface area (Å²) in [5, 5.41) is 5.89. The van der Waals surface area contributed by atoms with Crippen molar-refractivity contribution < 1.29 is 9.53 Å². The molecule has 0 amide bonds. The number of esters is 1. The maximum Gasteiger partial charge on any atom is 0.359 e. The summed E-state index contributed by atoms with van der Waals surface area (Å²) in [4.78, 5) is 12.7. The summed E-state index contributed by atoms with van der Waals surface area (Å²) in [5.74, 6) is 2.01. The SMILES string of the molecule is CCOC(=O)c1nn(-c2ccc(Cl)cc2Cl)c2c1C1CC3CC(C1)CC2C3. The quantitative estimate of drug-likeness (QED) is 0.611. The Morgan fingerprint density at radius 3 is 2.52 bits per heavy atom. The van der Waals surface area contributed by atoms with E-state index in [-0.39, 0.29) is 5.97 Å². The Hall–Kier alpha value is -1.52. The lowest BCUT2D eigenvalue weighted by molar-refractivity contribution is 0.0515. The molecule has 4 aliphatic rings. The highest BCUT2D eigenvalue weighted by Crippen LogP contribution is 2.57. The molecule has 2 atom stereocenters. The van der Waals surface area contributed by atoms with Crippen molar-refractivity contribution in [2.75, 3.05) is 6.61 Å². The molecule has 6 rings (SSSR count). The lowest BCUT2D eigenvalue weighted by atomic mass is 9.67. The summed E-state index contributed by atoms with van der Waals surface area (Å²) in [6, 6.07) is 5.44. The van der Waals surface area contributed by atoms with Gasteiger partial charge in [-0.1, -0.05) is 23.2 Å². The van der Waals surface area contributed by atoms with E-state index in [1.165, 1.54) is 25.0 Å². The summed E-state index contributed by atoms with van der Waals surface area (Å²) in [6.45, 7) is 2.18. The van der Waals surface area contributed by atoms with Gasteiger partial charge in [-0.15, -0.1) is 0 Å². The zero-order chi connectivity index (χ0) is 18.7. The van der Waals surface area contributed by atoms with Crippen molar-refractivity contribution in [3.05, 3.63) is 45.2 Å². The van der Waals surface area contributed by atoms with Gasteiger partial charge in [-0.2, -0.15) is 5.10 Å². The molecule has 0 saturated heterocycles. The molecule has 0 spiro atoms. The highest BCUT2D eigenvalue weighted by Gasteiger charge is 2.46. The van der Waals surface area contributed by atoms with Gasteiger partial charge in [-0.25, -0.2) is 9.48 Å². The molecular weight excluding hydrogens is 383 g/mol. The predicted molar refractivity (Wildman–Crippen MR) is 105 cm³/mol. The van der Waals surface area contributed by atoms with Gasteiger partial charge in [0.25, 0.3) is 0 Å². The number of carbonyl (C=O) groups excluding carboxylic acids is 1. The largest absolute Gasteiger partial charge is 0.461 e. The van der Waals surface area contributed by atoms with E-state index in [4.69, 9.17) is 33.0 Å². The van der Waals surface area contributed by atoms with Crippen LogP contribution in [-0.2, 0) is 4.74 Å². The fraction of sp³-hybridized carbons (Fsp3) is 0.524. The normalized spacial score (nSPS) is 28.1. The Labute approximate surface area is 168 Å². The van der Waals surface area contributed by atoms with Crippen molar-refractivity contribution in [1.29, 1.82) is 0 Å². The van der Waals surface area contributed by atoms with E-state index >= 15 is 0 Å². The van der Waals surface area contributed by atoms with E-state index in [2.05, 4.69) is 0 Å². The molecule has 2 aromatic rings. The minimum atomic E-state index is -0.321. The molecule has 1 aromatic carbocycles. The molecule has 4 bridgehead atoms. The Balaban J connectivity index is 1.74. The second-order valence-corrected chi connectivity index (χ2v) is 9.02. The fourth-order valence-corrected chi connectivity index (χ4v) is 6.22. The predicted octanol–water partition coefficient (Wildman–Crippen LogP) is 5.75. The van der Waals surface area contributed by atoms with Crippen molar-refractivity contribution in [1.82, 2.24) is 9.78 Å². The summed E-state index contributed by atoms with van der Waals surface area (Å²) < 4.78 is 7.26. The van der Waals surface area contributed by atoms with Crippen molar-refractivity contribution in [3.63, 3.8) is 0 Å². The molecule has 2 fully saturated rings. The second kappa shape index (κ2) is 6.52. The zero-order valence-corrected chi connectivity index (χ0v) is 16.8. The van der Waals surface area contributed by atoms with Gasteiger partial charge in [0.1, 0.15) is 0 Å². The van der Waals surface area contributed by atoms with Crippen LogP contribution in [0.15, 0.2) is 18.2 Å². The van der Waals surface area contributed by atoms with Gasteiger partial charge >= 0.3 is 5.97 Å². The Bertz CT molecular complexity index is 909. The van der Waals surface area contributed by atoms with Crippen molar-refractivity contribution in [2.24, 2.45) is 11.8 Å². The van der Waals surface area contributed by atoms with E-state index in [0.29, 0.717) is 34.2 Å². The van der Waals surface area contributed by atoms with Gasteiger partial charge in [0.05, 0.1) is 23.0 Å². The molecule has 0 N–H and O–H groups in total. The van der Waals surface area contributed by atoms with Crippen molar-refractivity contribution >= 4 is 29.2 Å². The number of aromatic nitrogens is 2. The first kappa shape index (κ1) is 17.6. The van der Waals surface area contributed by atoms with Crippen LogP contribution < -0.4 is 0 Å². The van der Waals surface area contributed by atoms with Crippen molar-refractivity contribution in [2.45, 2.75) is 50.9 Å². The third-order valence-electron chi connectivity index (χ3n) is 6.50. The smallest absolute Gasteiger partial charge is 0.359 e. The fourth-order valence-electron chi connectivity index (χ4n) is 5.74. The summed E-state index contributed by atoms with van der Waals surface area (Å²) in [6.07, 6.45) is 6.01.